The van der Waals surface area contributed by atoms with Crippen LogP contribution in [0.15, 0.2) is 42.5 Å². The van der Waals surface area contributed by atoms with Crippen molar-refractivity contribution in [2.45, 2.75) is 95.9 Å². The van der Waals surface area contributed by atoms with Gasteiger partial charge in [-0.15, -0.1) is 0 Å². The summed E-state index contributed by atoms with van der Waals surface area (Å²) in [6, 6.07) is 12.1. The second-order valence-corrected chi connectivity index (χ2v) is 14.3. The number of aryl methyl sites for hydroxylation is 2. The Labute approximate surface area is 288 Å². The van der Waals surface area contributed by atoms with Crippen LogP contribution < -0.4 is 11.1 Å². The van der Waals surface area contributed by atoms with Crippen LogP contribution in [0.4, 0.5) is 4.39 Å². The molecule has 1 aliphatic carbocycles. The fourth-order valence-corrected chi connectivity index (χ4v) is 7.72. The maximum atomic E-state index is 16.2. The molecule has 4 aromatic heterocycles. The fourth-order valence-electron chi connectivity index (χ4n) is 7.55. The molecule has 49 heavy (non-hydrogen) atoms. The number of hydrogen-bond acceptors (Lipinski definition) is 6. The highest BCUT2D eigenvalue weighted by molar-refractivity contribution is 6.29. The molecule has 2 bridgehead atoms. The van der Waals surface area contributed by atoms with Gasteiger partial charge < -0.3 is 25.1 Å². The summed E-state index contributed by atoms with van der Waals surface area (Å²) in [6.45, 7) is 5.16. The first-order valence-corrected chi connectivity index (χ1v) is 17.8. The van der Waals surface area contributed by atoms with Crippen LogP contribution in [0, 0.1) is 5.82 Å². The highest BCUT2D eigenvalue weighted by Crippen LogP contribution is 2.43. The number of hydrogen-bond donors (Lipinski definition) is 2. The highest BCUT2D eigenvalue weighted by Gasteiger charge is 2.34. The van der Waals surface area contributed by atoms with Crippen molar-refractivity contribution < 1.29 is 14.0 Å². The zero-order valence-electron chi connectivity index (χ0n) is 27.8. The zero-order chi connectivity index (χ0) is 34.0. The Balaban J connectivity index is 1.21. The van der Waals surface area contributed by atoms with Crippen LogP contribution in [-0.4, -0.2) is 59.4 Å². The number of halogens is 2. The van der Waals surface area contributed by atoms with E-state index >= 15 is 4.39 Å². The lowest BCUT2D eigenvalue weighted by molar-refractivity contribution is 0.0604. The van der Waals surface area contributed by atoms with Crippen LogP contribution in [0.5, 0.6) is 0 Å². The normalized spacial score (nSPS) is 21.9. The average molecular weight is 683 g/mol. The van der Waals surface area contributed by atoms with Gasteiger partial charge in [-0.2, -0.15) is 0 Å². The van der Waals surface area contributed by atoms with Gasteiger partial charge in [0.05, 0.1) is 34.2 Å². The van der Waals surface area contributed by atoms with E-state index in [0.717, 1.165) is 67.4 Å². The summed E-state index contributed by atoms with van der Waals surface area (Å²) >= 11 is 6.22. The van der Waals surface area contributed by atoms with Gasteiger partial charge in [-0.1, -0.05) is 18.0 Å². The Morgan fingerprint density at radius 1 is 0.980 bits per heavy atom. The van der Waals surface area contributed by atoms with Crippen molar-refractivity contribution in [3.63, 3.8) is 0 Å². The molecule has 254 valence electrons. The number of nitrogens with two attached hydrogens (primary N) is 1. The predicted molar refractivity (Wildman–Crippen MR) is 187 cm³/mol. The fraction of sp³-hybridized carbons (Fsp3) is 0.432. The third-order valence-corrected chi connectivity index (χ3v) is 10.7. The molecule has 1 saturated carbocycles. The number of aromatic nitrogens is 5. The maximum Gasteiger partial charge on any atom is 0.254 e. The number of pyridine rings is 2. The van der Waals surface area contributed by atoms with Crippen LogP contribution in [-0.2, 0) is 13.0 Å². The van der Waals surface area contributed by atoms with Crippen LogP contribution >= 0.6 is 11.6 Å². The van der Waals surface area contributed by atoms with E-state index in [9.17, 15) is 9.59 Å². The van der Waals surface area contributed by atoms with Gasteiger partial charge in [-0.3, -0.25) is 9.59 Å². The van der Waals surface area contributed by atoms with Gasteiger partial charge >= 0.3 is 0 Å². The molecule has 2 aliphatic heterocycles. The molecule has 3 N–H and O–H groups in total. The summed E-state index contributed by atoms with van der Waals surface area (Å²) in [5, 5.41) is 4.41. The minimum atomic E-state index is -0.448. The number of fused-ring (bicyclic) bond motifs is 3. The van der Waals surface area contributed by atoms with E-state index in [1.807, 2.05) is 30.5 Å². The molecule has 2 fully saturated rings. The molecule has 5 aromatic rings. The van der Waals surface area contributed by atoms with E-state index in [2.05, 4.69) is 20.9 Å². The number of imidazole rings is 1. The number of nitrogens with zero attached hydrogens (tertiary/aromatic N) is 6. The monoisotopic (exact) mass is 682 g/mol. The summed E-state index contributed by atoms with van der Waals surface area (Å²) in [5.74, 6) is -0.204. The lowest BCUT2D eigenvalue weighted by Crippen LogP contribution is -2.52. The van der Waals surface area contributed by atoms with Crippen molar-refractivity contribution in [2.75, 3.05) is 6.54 Å². The maximum absolute atomic E-state index is 16.2. The summed E-state index contributed by atoms with van der Waals surface area (Å²) in [7, 11) is 0. The summed E-state index contributed by atoms with van der Waals surface area (Å²) in [5.41, 5.74) is 11.1. The first-order chi connectivity index (χ1) is 23.7. The SMILES string of the molecule is C[C@@H]1[C@H](N)CCCN1C(=O)c1cc(F)c2c(c1)nc(-c1cc3ccc4nc3n1CCCCCc1nc(Cl)ccc1C(=O)N[C@@H]4C)n2C1CC1. The van der Waals surface area contributed by atoms with Gasteiger partial charge in [0.25, 0.3) is 11.8 Å². The standard InChI is InChI=1S/C37H40ClFN8O2/c1-20-28-13-9-22-19-31(46(34(22)43-28)15-5-3-4-8-29-25(36(48)41-20)12-14-32(38)42-29)35-44-30-18-23(17-26(39)33(30)47(35)24-10-11-24)37(49)45-16-6-7-27(40)21(45)2/h9,12-14,17-21,24,27H,3-8,10-11,15-16,40H2,1-2H3,(H,41,48)/t20-,21-,27-/m1/s1. The van der Waals surface area contributed by atoms with Gasteiger partial charge in [0.1, 0.15) is 22.1 Å². The second-order valence-electron chi connectivity index (χ2n) is 13.9. The van der Waals surface area contributed by atoms with E-state index in [1.54, 1.807) is 23.1 Å². The number of benzene rings is 1. The molecule has 12 heteroatoms. The Morgan fingerprint density at radius 3 is 2.63 bits per heavy atom. The van der Waals surface area contributed by atoms with Crippen molar-refractivity contribution in [1.29, 1.82) is 0 Å². The zero-order valence-corrected chi connectivity index (χ0v) is 28.5. The molecule has 3 aliphatic rings. The van der Waals surface area contributed by atoms with Crippen LogP contribution in [0.2, 0.25) is 5.15 Å². The summed E-state index contributed by atoms with van der Waals surface area (Å²) in [4.78, 5) is 43.4. The van der Waals surface area contributed by atoms with E-state index in [4.69, 9.17) is 27.3 Å². The number of rotatable bonds is 3. The Morgan fingerprint density at radius 2 is 1.82 bits per heavy atom. The van der Waals surface area contributed by atoms with E-state index in [0.29, 0.717) is 58.3 Å². The largest absolute Gasteiger partial charge is 0.344 e. The third-order valence-electron chi connectivity index (χ3n) is 10.5. The summed E-state index contributed by atoms with van der Waals surface area (Å²) < 4.78 is 20.4. The van der Waals surface area contributed by atoms with Gasteiger partial charge in [-0.25, -0.2) is 19.3 Å². The van der Waals surface area contributed by atoms with E-state index in [1.165, 1.54) is 6.07 Å². The minimum Gasteiger partial charge on any atom is -0.344 e. The van der Waals surface area contributed by atoms with Crippen LogP contribution in [0.1, 0.15) is 103 Å². The first kappa shape index (κ1) is 31.9. The van der Waals surface area contributed by atoms with Crippen LogP contribution in [0.3, 0.4) is 0 Å². The van der Waals surface area contributed by atoms with Gasteiger partial charge in [0.15, 0.2) is 5.82 Å². The molecule has 3 atom stereocenters. The Kier molecular flexibility index (Phi) is 8.15. The minimum absolute atomic E-state index is 0.101. The molecule has 10 nitrogen and oxygen atoms in total. The molecule has 8 rings (SSSR count). The number of piperidine rings is 1. The smallest absolute Gasteiger partial charge is 0.254 e. The molecule has 6 heterocycles. The molecule has 2 amide bonds. The predicted octanol–water partition coefficient (Wildman–Crippen LogP) is 6.74. The first-order valence-electron chi connectivity index (χ1n) is 17.4. The third kappa shape index (κ3) is 5.76. The van der Waals surface area contributed by atoms with Gasteiger partial charge in [0, 0.05) is 42.2 Å². The number of likely N-dealkylation sites (tertiary alicyclic amines) is 1. The molecule has 0 spiro atoms. The lowest BCUT2D eigenvalue weighted by atomic mass is 9.97. The van der Waals surface area contributed by atoms with Crippen molar-refractivity contribution >= 4 is 45.5 Å². The molecule has 1 saturated heterocycles. The average Bonchev–Trinajstić information content (AvgIpc) is 3.75. The lowest BCUT2D eigenvalue weighted by Gasteiger charge is -2.37. The number of amides is 2. The van der Waals surface area contributed by atoms with Crippen molar-refractivity contribution in [1.82, 2.24) is 34.3 Å². The number of carbonyl (C=O) groups is 2. The quantitative estimate of drug-likeness (QED) is 0.203. The number of nitrogens with one attached hydrogen (secondary N) is 1. The van der Waals surface area contributed by atoms with Crippen LogP contribution in [0.25, 0.3) is 33.6 Å². The van der Waals surface area contributed by atoms with Crippen molar-refractivity contribution in [3.05, 3.63) is 75.9 Å². The topological polar surface area (TPSA) is 124 Å². The molecular weight excluding hydrogens is 643 g/mol. The Hall–Kier alpha value is -4.35. The van der Waals surface area contributed by atoms with Crippen molar-refractivity contribution in [2.24, 2.45) is 5.73 Å². The molecular formula is C37H40ClFN8O2. The van der Waals surface area contributed by atoms with Gasteiger partial charge in [0.2, 0.25) is 0 Å². The van der Waals surface area contributed by atoms with Gasteiger partial charge in [-0.05, 0) is 101 Å². The Bertz CT molecular complexity index is 2120. The number of carbonyl (C=O) groups excluding carboxylic acids is 2. The second kappa shape index (κ2) is 12.5. The molecule has 0 unspecified atom stereocenters. The summed E-state index contributed by atoms with van der Waals surface area (Å²) in [6.07, 6.45) is 6.77. The van der Waals surface area contributed by atoms with Crippen molar-refractivity contribution in [3.8, 4) is 11.5 Å². The van der Waals surface area contributed by atoms with E-state index < -0.39 is 5.82 Å². The van der Waals surface area contributed by atoms with E-state index in [-0.39, 0.29) is 36.0 Å². The molecule has 0 radical (unpaired) electrons. The molecule has 1 aromatic carbocycles. The highest BCUT2D eigenvalue weighted by atomic mass is 35.5.